The van der Waals surface area contributed by atoms with E-state index >= 15 is 0 Å². The van der Waals surface area contributed by atoms with Crippen molar-refractivity contribution in [1.82, 2.24) is 4.72 Å². The summed E-state index contributed by atoms with van der Waals surface area (Å²) < 4.78 is 35.0. The molecule has 3 aromatic rings. The van der Waals surface area contributed by atoms with E-state index in [4.69, 9.17) is 4.74 Å². The number of fused-ring (bicyclic) bond motifs is 3. The predicted molar refractivity (Wildman–Crippen MR) is 173 cm³/mol. The number of sulfonamides is 1. The first-order valence-electron chi connectivity index (χ1n) is 16.0. The molecule has 0 bridgehead atoms. The highest BCUT2D eigenvalue weighted by Crippen LogP contribution is 2.37. The van der Waals surface area contributed by atoms with Crippen molar-refractivity contribution in [1.29, 1.82) is 0 Å². The lowest BCUT2D eigenvalue weighted by Crippen LogP contribution is -2.46. The number of aliphatic hydroxyl groups excluding tert-OH is 1. The molecule has 0 amide bonds. The number of hydrogen-bond donors (Lipinski definition) is 2. The third-order valence-electron chi connectivity index (χ3n) is 8.24. The highest BCUT2D eigenvalue weighted by molar-refractivity contribution is 7.89. The molecule has 0 aliphatic heterocycles. The van der Waals surface area contributed by atoms with Gasteiger partial charge in [0.1, 0.15) is 12.1 Å². The first kappa shape index (κ1) is 33.6. The van der Waals surface area contributed by atoms with Gasteiger partial charge in [-0.3, -0.25) is 9.59 Å². The van der Waals surface area contributed by atoms with Crippen molar-refractivity contribution in [2.75, 3.05) is 6.61 Å². The zero-order valence-electron chi connectivity index (χ0n) is 25.7. The van der Waals surface area contributed by atoms with Crippen LogP contribution in [-0.4, -0.2) is 37.9 Å². The lowest BCUT2D eigenvalue weighted by atomic mass is 10.0. The van der Waals surface area contributed by atoms with Gasteiger partial charge in [-0.2, -0.15) is 4.72 Å². The molecule has 7 nitrogen and oxygen atoms in total. The molecule has 236 valence electrons. The summed E-state index contributed by atoms with van der Waals surface area (Å²) in [7, 11) is -4.28. The van der Waals surface area contributed by atoms with Crippen molar-refractivity contribution in [3.05, 3.63) is 89.5 Å². The van der Waals surface area contributed by atoms with E-state index < -0.39 is 28.1 Å². The van der Waals surface area contributed by atoms with E-state index in [0.717, 1.165) is 19.3 Å². The number of ether oxygens (including phenoxy) is 1. The van der Waals surface area contributed by atoms with Gasteiger partial charge in [0.2, 0.25) is 10.0 Å². The van der Waals surface area contributed by atoms with Crippen molar-refractivity contribution < 1.29 is 27.9 Å². The fraction of sp³-hybridized carbons (Fsp3) is 0.444. The fourth-order valence-corrected chi connectivity index (χ4v) is 6.91. The molecule has 44 heavy (non-hydrogen) atoms. The molecule has 0 spiro atoms. The van der Waals surface area contributed by atoms with Crippen LogP contribution in [0.4, 0.5) is 0 Å². The van der Waals surface area contributed by atoms with Crippen molar-refractivity contribution in [3.8, 4) is 11.1 Å². The van der Waals surface area contributed by atoms with Crippen LogP contribution in [0, 0.1) is 0 Å². The van der Waals surface area contributed by atoms with Crippen LogP contribution < -0.4 is 4.72 Å². The monoisotopic (exact) mass is 619 g/mol. The number of unbranched alkanes of at least 4 members (excludes halogenated alkanes) is 11. The number of ketones is 1. The summed E-state index contributed by atoms with van der Waals surface area (Å²) in [6, 6.07) is 18.2. The highest BCUT2D eigenvalue weighted by Gasteiger charge is 2.35. The molecule has 2 atom stereocenters. The molecular weight excluding hydrogens is 574 g/mol. The van der Waals surface area contributed by atoms with E-state index in [1.165, 1.54) is 69.6 Å². The van der Waals surface area contributed by atoms with Gasteiger partial charge in [0, 0.05) is 11.1 Å². The summed E-state index contributed by atoms with van der Waals surface area (Å²) in [5.41, 5.74) is 2.50. The quantitative estimate of drug-likeness (QED) is 0.0830. The molecule has 0 heterocycles. The summed E-state index contributed by atoms with van der Waals surface area (Å²) in [5.74, 6) is -0.999. The Labute approximate surface area is 262 Å². The number of hydrogen-bond acceptors (Lipinski definition) is 6. The lowest BCUT2D eigenvalue weighted by Gasteiger charge is -2.23. The molecule has 0 fully saturated rings. The first-order valence-corrected chi connectivity index (χ1v) is 17.5. The number of carbonyl (C=O) groups is 2. The van der Waals surface area contributed by atoms with Gasteiger partial charge in [0.15, 0.2) is 5.78 Å². The van der Waals surface area contributed by atoms with Gasteiger partial charge in [0.05, 0.1) is 11.5 Å². The second-order valence-electron chi connectivity index (χ2n) is 11.6. The minimum absolute atomic E-state index is 0.111. The molecule has 0 aromatic heterocycles. The van der Waals surface area contributed by atoms with Gasteiger partial charge in [-0.15, -0.1) is 0 Å². The van der Waals surface area contributed by atoms with Gasteiger partial charge < -0.3 is 9.84 Å². The molecule has 8 heteroatoms. The van der Waals surface area contributed by atoms with Crippen LogP contribution in [0.15, 0.2) is 77.7 Å². The molecule has 1 aliphatic rings. The Morgan fingerprint density at radius 1 is 0.727 bits per heavy atom. The number of aliphatic hydroxyl groups is 1. The average Bonchev–Trinajstić information content (AvgIpc) is 3.33. The zero-order chi connectivity index (χ0) is 31.4. The fourth-order valence-electron chi connectivity index (χ4n) is 5.70. The number of rotatable bonds is 19. The first-order chi connectivity index (χ1) is 21.3. The molecule has 2 N–H and O–H groups in total. The minimum Gasteiger partial charge on any atom is -0.464 e. The predicted octanol–water partition coefficient (Wildman–Crippen LogP) is 7.52. The number of benzene rings is 3. The van der Waals surface area contributed by atoms with Crippen LogP contribution in [0.5, 0.6) is 0 Å². The molecule has 1 aliphatic carbocycles. The number of esters is 1. The summed E-state index contributed by atoms with van der Waals surface area (Å²) in [6.07, 6.45) is 12.7. The SMILES string of the molecule is CCCCCCCCCCCCCCOC(=O)[C@@H](NS(=O)(=O)c1ccc2c(c1)-c1ccccc1C2=O)[C@@H](O)c1ccccc1. The van der Waals surface area contributed by atoms with E-state index in [1.54, 1.807) is 54.6 Å². The summed E-state index contributed by atoms with van der Waals surface area (Å²) in [4.78, 5) is 25.9. The van der Waals surface area contributed by atoms with Crippen molar-refractivity contribution in [2.24, 2.45) is 0 Å². The Kier molecular flexibility index (Phi) is 12.7. The molecule has 4 rings (SSSR count). The van der Waals surface area contributed by atoms with Gasteiger partial charge >= 0.3 is 5.97 Å². The maximum Gasteiger partial charge on any atom is 0.327 e. The van der Waals surface area contributed by atoms with E-state index in [0.29, 0.717) is 34.2 Å². The highest BCUT2D eigenvalue weighted by atomic mass is 32.2. The van der Waals surface area contributed by atoms with Crippen LogP contribution in [0.25, 0.3) is 11.1 Å². The second-order valence-corrected chi connectivity index (χ2v) is 13.3. The third-order valence-corrected chi connectivity index (χ3v) is 9.68. The van der Waals surface area contributed by atoms with E-state index in [-0.39, 0.29) is 17.3 Å². The van der Waals surface area contributed by atoms with E-state index in [9.17, 15) is 23.1 Å². The Hall–Kier alpha value is -3.33. The maximum absolute atomic E-state index is 13.6. The van der Waals surface area contributed by atoms with E-state index in [1.807, 2.05) is 0 Å². The molecular formula is C36H45NO6S. The smallest absolute Gasteiger partial charge is 0.327 e. The minimum atomic E-state index is -4.28. The molecule has 0 radical (unpaired) electrons. The van der Waals surface area contributed by atoms with Crippen LogP contribution in [0.2, 0.25) is 0 Å². The van der Waals surface area contributed by atoms with Crippen LogP contribution >= 0.6 is 0 Å². The van der Waals surface area contributed by atoms with Crippen LogP contribution in [0.3, 0.4) is 0 Å². The van der Waals surface area contributed by atoms with Crippen LogP contribution in [-0.2, 0) is 19.6 Å². The topological polar surface area (TPSA) is 110 Å². The second kappa shape index (κ2) is 16.7. The average molecular weight is 620 g/mol. The van der Waals surface area contributed by atoms with Gasteiger partial charge in [-0.1, -0.05) is 132 Å². The largest absolute Gasteiger partial charge is 0.464 e. The third kappa shape index (κ3) is 8.87. The van der Waals surface area contributed by atoms with Crippen molar-refractivity contribution >= 4 is 21.8 Å². The Morgan fingerprint density at radius 3 is 1.91 bits per heavy atom. The van der Waals surface area contributed by atoms with E-state index in [2.05, 4.69) is 11.6 Å². The molecule has 0 unspecified atom stereocenters. The van der Waals surface area contributed by atoms with Crippen LogP contribution in [0.1, 0.15) is 112 Å². The molecule has 3 aromatic carbocycles. The zero-order valence-corrected chi connectivity index (χ0v) is 26.5. The Bertz CT molecular complexity index is 1490. The normalized spacial score (nSPS) is 13.7. The van der Waals surface area contributed by atoms with Gasteiger partial charge in [-0.05, 0) is 41.3 Å². The van der Waals surface area contributed by atoms with Crippen molar-refractivity contribution in [2.45, 2.75) is 101 Å². The van der Waals surface area contributed by atoms with Gasteiger partial charge in [0.25, 0.3) is 0 Å². The number of nitrogens with one attached hydrogen (secondary N) is 1. The standard InChI is InChI=1S/C36H45NO6S/c1-2-3-4-5-6-7-8-9-10-11-12-18-25-43-36(40)33(34(38)27-19-14-13-15-20-27)37-44(41,42)28-23-24-31-32(26-28)29-21-16-17-22-30(29)35(31)39/h13-17,19-24,26,33-34,37-38H,2-12,18,25H2,1H3/t33-,34-/m0/s1. The molecule has 0 saturated heterocycles. The Balaban J connectivity index is 1.34. The Morgan fingerprint density at radius 2 is 1.27 bits per heavy atom. The summed E-state index contributed by atoms with van der Waals surface area (Å²) in [6.45, 7) is 2.38. The summed E-state index contributed by atoms with van der Waals surface area (Å²) in [5, 5.41) is 11.1. The summed E-state index contributed by atoms with van der Waals surface area (Å²) >= 11 is 0. The maximum atomic E-state index is 13.6. The van der Waals surface area contributed by atoms with Gasteiger partial charge in [-0.25, -0.2) is 8.42 Å². The number of carbonyl (C=O) groups excluding carboxylic acids is 2. The lowest BCUT2D eigenvalue weighted by molar-refractivity contribution is -0.148. The van der Waals surface area contributed by atoms with Crippen molar-refractivity contribution in [3.63, 3.8) is 0 Å². The molecule has 0 saturated carbocycles.